The van der Waals surface area contributed by atoms with Crippen molar-refractivity contribution in [2.24, 2.45) is 16.1 Å². The van der Waals surface area contributed by atoms with Crippen molar-refractivity contribution in [2.75, 3.05) is 31.6 Å². The van der Waals surface area contributed by atoms with Crippen LogP contribution < -0.4 is 5.32 Å². The Kier molecular flexibility index (Phi) is 5.87. The van der Waals surface area contributed by atoms with Gasteiger partial charge in [-0.15, -0.1) is 0 Å². The lowest BCUT2D eigenvalue weighted by atomic mass is 10.1. The normalized spacial score (nSPS) is 17.9. The molecule has 0 aliphatic carbocycles. The molecular formula is C19H22N4O2. The highest BCUT2D eigenvalue weighted by atomic mass is 16.3. The number of amides is 1. The summed E-state index contributed by atoms with van der Waals surface area (Å²) < 4.78 is 0. The molecule has 1 aliphatic heterocycles. The number of azo groups is 1. The van der Waals surface area contributed by atoms with Crippen molar-refractivity contribution in [2.45, 2.75) is 6.42 Å². The zero-order valence-corrected chi connectivity index (χ0v) is 14.0. The Bertz CT molecular complexity index is 716. The fourth-order valence-electron chi connectivity index (χ4n) is 2.83. The molecule has 1 heterocycles. The molecule has 1 atom stereocenters. The third kappa shape index (κ3) is 5.20. The zero-order chi connectivity index (χ0) is 17.5. The third-order valence-electron chi connectivity index (χ3n) is 4.18. The number of anilines is 1. The number of carbonyl (C=O) groups is 1. The molecule has 0 bridgehead atoms. The second-order valence-electron chi connectivity index (χ2n) is 6.20. The molecule has 2 aromatic carbocycles. The predicted molar refractivity (Wildman–Crippen MR) is 97.3 cm³/mol. The van der Waals surface area contributed by atoms with E-state index in [9.17, 15) is 4.79 Å². The van der Waals surface area contributed by atoms with E-state index in [1.165, 1.54) is 0 Å². The van der Waals surface area contributed by atoms with Crippen molar-refractivity contribution < 1.29 is 9.90 Å². The summed E-state index contributed by atoms with van der Waals surface area (Å²) in [6, 6.07) is 16.8. The molecule has 0 saturated carbocycles. The number of aliphatic hydroxyl groups excluding tert-OH is 1. The van der Waals surface area contributed by atoms with Crippen LogP contribution in [0.3, 0.4) is 0 Å². The van der Waals surface area contributed by atoms with E-state index in [4.69, 9.17) is 5.11 Å². The van der Waals surface area contributed by atoms with Crippen molar-refractivity contribution in [3.05, 3.63) is 54.6 Å². The average molecular weight is 338 g/mol. The lowest BCUT2D eigenvalue weighted by Gasteiger charge is -2.15. The Labute approximate surface area is 147 Å². The summed E-state index contributed by atoms with van der Waals surface area (Å²) in [4.78, 5) is 14.2. The van der Waals surface area contributed by atoms with Crippen molar-refractivity contribution in [3.8, 4) is 0 Å². The number of aliphatic hydroxyl groups is 1. The maximum atomic E-state index is 12.1. The van der Waals surface area contributed by atoms with Gasteiger partial charge in [-0.25, -0.2) is 0 Å². The van der Waals surface area contributed by atoms with E-state index < -0.39 is 0 Å². The molecule has 6 heteroatoms. The highest BCUT2D eigenvalue weighted by molar-refractivity contribution is 5.92. The van der Waals surface area contributed by atoms with Crippen LogP contribution in [0, 0.1) is 5.92 Å². The fraction of sp³-hybridized carbons (Fsp3) is 0.316. The number of hydrogen-bond donors (Lipinski definition) is 2. The number of benzene rings is 2. The maximum Gasteiger partial charge on any atom is 0.238 e. The van der Waals surface area contributed by atoms with Gasteiger partial charge in [-0.3, -0.25) is 9.69 Å². The summed E-state index contributed by atoms with van der Waals surface area (Å²) in [5.41, 5.74) is 2.26. The number of carbonyl (C=O) groups excluding carboxylic acids is 1. The van der Waals surface area contributed by atoms with E-state index in [1.54, 1.807) is 0 Å². The highest BCUT2D eigenvalue weighted by Gasteiger charge is 2.23. The lowest BCUT2D eigenvalue weighted by molar-refractivity contribution is -0.117. The summed E-state index contributed by atoms with van der Waals surface area (Å²) in [5.74, 6) is 0.249. The summed E-state index contributed by atoms with van der Waals surface area (Å²) in [6.45, 7) is 2.18. The first-order valence-corrected chi connectivity index (χ1v) is 8.43. The standard InChI is InChI=1S/C19H22N4O2/c24-14-15-10-11-23(12-15)13-19(25)20-16-6-8-18(9-7-16)22-21-17-4-2-1-3-5-17/h1-9,15,24H,10-14H2,(H,20,25). The first-order chi connectivity index (χ1) is 12.2. The van der Waals surface area contributed by atoms with Crippen LogP contribution in [0.1, 0.15) is 6.42 Å². The van der Waals surface area contributed by atoms with Gasteiger partial charge in [0.2, 0.25) is 5.91 Å². The van der Waals surface area contributed by atoms with Crippen molar-refractivity contribution in [3.63, 3.8) is 0 Å². The highest BCUT2D eigenvalue weighted by Crippen LogP contribution is 2.20. The van der Waals surface area contributed by atoms with Gasteiger partial charge in [0.1, 0.15) is 0 Å². The minimum atomic E-state index is -0.0442. The minimum Gasteiger partial charge on any atom is -0.396 e. The summed E-state index contributed by atoms with van der Waals surface area (Å²) >= 11 is 0. The Morgan fingerprint density at radius 3 is 2.40 bits per heavy atom. The summed E-state index contributed by atoms with van der Waals surface area (Å²) in [5, 5.41) is 20.4. The van der Waals surface area contributed by atoms with Crippen LogP contribution >= 0.6 is 0 Å². The third-order valence-corrected chi connectivity index (χ3v) is 4.18. The Hall–Kier alpha value is -2.57. The van der Waals surface area contributed by atoms with Crippen LogP contribution in [0.2, 0.25) is 0 Å². The Morgan fingerprint density at radius 2 is 1.76 bits per heavy atom. The first kappa shape index (κ1) is 17.3. The largest absolute Gasteiger partial charge is 0.396 e. The number of rotatable bonds is 6. The molecule has 0 aromatic heterocycles. The lowest BCUT2D eigenvalue weighted by Crippen LogP contribution is -2.31. The number of nitrogens with one attached hydrogen (secondary N) is 1. The molecule has 2 N–H and O–H groups in total. The van der Waals surface area contributed by atoms with Gasteiger partial charge in [0, 0.05) is 18.8 Å². The molecule has 1 fully saturated rings. The smallest absolute Gasteiger partial charge is 0.238 e. The van der Waals surface area contributed by atoms with Gasteiger partial charge in [-0.1, -0.05) is 18.2 Å². The number of nitrogens with zero attached hydrogens (tertiary/aromatic N) is 3. The molecule has 130 valence electrons. The molecule has 1 amide bonds. The molecule has 1 aliphatic rings. The monoisotopic (exact) mass is 338 g/mol. The molecule has 6 nitrogen and oxygen atoms in total. The maximum absolute atomic E-state index is 12.1. The van der Waals surface area contributed by atoms with Gasteiger partial charge in [-0.05, 0) is 55.3 Å². The molecule has 3 rings (SSSR count). The zero-order valence-electron chi connectivity index (χ0n) is 14.0. The molecule has 25 heavy (non-hydrogen) atoms. The van der Waals surface area contributed by atoms with Gasteiger partial charge in [-0.2, -0.15) is 10.2 Å². The van der Waals surface area contributed by atoms with E-state index in [2.05, 4.69) is 20.4 Å². The second kappa shape index (κ2) is 8.50. The topological polar surface area (TPSA) is 77.3 Å². The minimum absolute atomic E-state index is 0.0442. The fourth-order valence-corrected chi connectivity index (χ4v) is 2.83. The van der Waals surface area contributed by atoms with Crippen LogP contribution in [0.25, 0.3) is 0 Å². The summed E-state index contributed by atoms with van der Waals surface area (Å²) in [7, 11) is 0. The van der Waals surface area contributed by atoms with Gasteiger partial charge in [0.05, 0.1) is 17.9 Å². The van der Waals surface area contributed by atoms with Crippen LogP contribution in [-0.4, -0.2) is 42.2 Å². The molecular weight excluding hydrogens is 316 g/mol. The van der Waals surface area contributed by atoms with Crippen LogP contribution in [0.5, 0.6) is 0 Å². The van der Waals surface area contributed by atoms with Gasteiger partial charge < -0.3 is 10.4 Å². The van der Waals surface area contributed by atoms with Crippen LogP contribution in [0.15, 0.2) is 64.8 Å². The average Bonchev–Trinajstić information content (AvgIpc) is 3.09. The Morgan fingerprint density at radius 1 is 1.08 bits per heavy atom. The van der Waals surface area contributed by atoms with Crippen molar-refractivity contribution in [1.82, 2.24) is 4.90 Å². The SMILES string of the molecule is O=C(CN1CCC(CO)C1)Nc1ccc(N=Nc2ccccc2)cc1. The predicted octanol–water partition coefficient (Wildman–Crippen LogP) is 3.35. The molecule has 0 radical (unpaired) electrons. The molecule has 0 spiro atoms. The van der Waals surface area contributed by atoms with Gasteiger partial charge in [0.15, 0.2) is 0 Å². The van der Waals surface area contributed by atoms with E-state index >= 15 is 0 Å². The van der Waals surface area contributed by atoms with Crippen molar-refractivity contribution in [1.29, 1.82) is 0 Å². The van der Waals surface area contributed by atoms with Crippen molar-refractivity contribution >= 4 is 23.0 Å². The van der Waals surface area contributed by atoms with E-state index in [0.29, 0.717) is 12.5 Å². The Balaban J connectivity index is 1.50. The van der Waals surface area contributed by atoms with E-state index in [-0.39, 0.29) is 12.5 Å². The van der Waals surface area contributed by atoms with E-state index in [0.717, 1.165) is 36.6 Å². The van der Waals surface area contributed by atoms with Gasteiger partial charge in [0.25, 0.3) is 0 Å². The first-order valence-electron chi connectivity index (χ1n) is 8.43. The second-order valence-corrected chi connectivity index (χ2v) is 6.20. The summed E-state index contributed by atoms with van der Waals surface area (Å²) in [6.07, 6.45) is 0.949. The van der Waals surface area contributed by atoms with Gasteiger partial charge >= 0.3 is 0 Å². The quantitative estimate of drug-likeness (QED) is 0.793. The molecule has 1 unspecified atom stereocenters. The van der Waals surface area contributed by atoms with E-state index in [1.807, 2.05) is 54.6 Å². The number of likely N-dealkylation sites (tertiary alicyclic amines) is 1. The number of hydrogen-bond acceptors (Lipinski definition) is 5. The molecule has 1 saturated heterocycles. The van der Waals surface area contributed by atoms with Crippen LogP contribution in [0.4, 0.5) is 17.1 Å². The van der Waals surface area contributed by atoms with Crippen LogP contribution in [-0.2, 0) is 4.79 Å². The molecule has 2 aromatic rings.